The van der Waals surface area contributed by atoms with Gasteiger partial charge in [0.2, 0.25) is 17.1 Å². The highest BCUT2D eigenvalue weighted by Crippen LogP contribution is 2.52. The largest absolute Gasteiger partial charge is 0.396 e. The van der Waals surface area contributed by atoms with Gasteiger partial charge < -0.3 is 77.5 Å². The summed E-state index contributed by atoms with van der Waals surface area (Å²) < 4.78 is 27.5. The van der Waals surface area contributed by atoms with Gasteiger partial charge in [0.25, 0.3) is 0 Å². The Morgan fingerprint density at radius 2 is 0.810 bits per heavy atom. The minimum absolute atomic E-state index is 0.0157. The zero-order valence-electron chi connectivity index (χ0n) is 71.7. The van der Waals surface area contributed by atoms with Crippen molar-refractivity contribution in [1.29, 1.82) is 0 Å². The normalized spacial score (nSPS) is 23.6. The van der Waals surface area contributed by atoms with Gasteiger partial charge in [0.05, 0.1) is 131 Å². The SMILES string of the molecule is Cc1ccc(C2(N)CC2)cc1.Cc1ccc(C2(Nc3nc(C)c(-c4nc5cnccc5s4)c(N[C@@H]4C[C@H](CO)[C@@H](O)[C@H]4O)n3)CC2)cc1.Cc1ccc(C2(Nc3nc(C)c(-c4nc5cnccc5s4)c(N[C@@H]4C[C@H](CO)[C@H]5OC(C)(C)O[C@H]54)n3)CC2)cc1.Cc1nc(S(C)=O)nc(N[C@@H]2C[C@H](CO)[C@@H](O)[C@H]2O)c1-c1nc2cnccc2s1.[C-]#[N+]c1ccc(C)cc1. The summed E-state index contributed by atoms with van der Waals surface area (Å²) in [6.07, 6.45) is 15.2. The Hall–Kier alpha value is -10.5. The van der Waals surface area contributed by atoms with Crippen LogP contribution < -0.4 is 32.3 Å². The molecule has 0 amide bonds. The Balaban J connectivity index is 0.000000126. The third kappa shape index (κ3) is 19.5. The minimum atomic E-state index is -1.40. The van der Waals surface area contributed by atoms with Crippen LogP contribution >= 0.6 is 34.0 Å². The number of hydrogen-bond acceptors (Lipinski definition) is 31. The highest BCUT2D eigenvalue weighted by Gasteiger charge is 2.55. The third-order valence-electron chi connectivity index (χ3n) is 24.6. The molecular formula is C93H105N19O10S4. The van der Waals surface area contributed by atoms with Crippen LogP contribution in [0, 0.1) is 72.8 Å². The number of aliphatic hydroxyl groups excluding tert-OH is 7. The monoisotopic (exact) mass is 1780 g/mol. The maximum absolute atomic E-state index is 12.0. The van der Waals surface area contributed by atoms with Crippen molar-refractivity contribution in [3.8, 4) is 31.7 Å². The molecule has 9 aromatic heterocycles. The Bertz CT molecular complexity index is 6030. The quantitative estimate of drug-likeness (QED) is 0.0249. The zero-order chi connectivity index (χ0) is 88.7. The number of fused-ring (bicyclic) bond motifs is 4. The second-order valence-corrected chi connectivity index (χ2v) is 38.9. The summed E-state index contributed by atoms with van der Waals surface area (Å²) in [7, 11) is -1.40. The second-order valence-electron chi connectivity index (χ2n) is 34.5. The molecular weight excluding hydrogens is 1670 g/mol. The van der Waals surface area contributed by atoms with Gasteiger partial charge in [0.1, 0.15) is 67.3 Å². The number of pyridine rings is 3. The number of nitrogens with two attached hydrogens (primary N) is 1. The van der Waals surface area contributed by atoms with Gasteiger partial charge in [0, 0.05) is 68.0 Å². The third-order valence-corrected chi connectivity index (χ3v) is 28.4. The fourth-order valence-corrected chi connectivity index (χ4v) is 20.4. The highest BCUT2D eigenvalue weighted by molar-refractivity contribution is 7.84. The molecule has 6 aliphatic carbocycles. The summed E-state index contributed by atoms with van der Waals surface area (Å²) in [5.41, 5.74) is 22.0. The molecule has 7 aliphatic rings. The molecule has 33 heteroatoms. The van der Waals surface area contributed by atoms with Crippen LogP contribution in [0.3, 0.4) is 0 Å². The number of thiazole rings is 3. The molecule has 20 rings (SSSR count). The van der Waals surface area contributed by atoms with Crippen molar-refractivity contribution in [2.45, 2.75) is 202 Å². The maximum Gasteiger partial charge on any atom is 0.225 e. The van der Waals surface area contributed by atoms with E-state index in [0.717, 1.165) is 102 Å². The molecule has 0 radical (unpaired) electrons. The number of benzene rings is 4. The van der Waals surface area contributed by atoms with Gasteiger partial charge in [-0.05, 0) is 155 Å². The van der Waals surface area contributed by atoms with E-state index in [4.69, 9.17) is 51.7 Å². The Morgan fingerprint density at radius 3 is 1.17 bits per heavy atom. The predicted molar refractivity (Wildman–Crippen MR) is 493 cm³/mol. The lowest BCUT2D eigenvalue weighted by atomic mass is 10.0. The van der Waals surface area contributed by atoms with Crippen molar-refractivity contribution < 1.29 is 49.4 Å². The number of nitrogens with zero attached hydrogens (tertiary/aromatic N) is 13. The first-order valence-electron chi connectivity index (χ1n) is 42.4. The average molecular weight is 1780 g/mol. The van der Waals surface area contributed by atoms with Gasteiger partial charge in [-0.15, -0.1) is 34.0 Å². The van der Waals surface area contributed by atoms with Crippen LogP contribution in [0.5, 0.6) is 0 Å². The second kappa shape index (κ2) is 37.0. The number of aliphatic hydroxyl groups is 7. The van der Waals surface area contributed by atoms with E-state index >= 15 is 0 Å². The zero-order valence-corrected chi connectivity index (χ0v) is 75.0. The molecule has 0 spiro atoms. The van der Waals surface area contributed by atoms with Crippen LogP contribution in [0.25, 0.3) is 67.2 Å². The van der Waals surface area contributed by atoms with E-state index in [2.05, 4.69) is 155 Å². The van der Waals surface area contributed by atoms with Gasteiger partial charge in [-0.1, -0.05) is 119 Å². The van der Waals surface area contributed by atoms with E-state index in [1.807, 2.05) is 77.1 Å². The lowest BCUT2D eigenvalue weighted by Crippen LogP contribution is -2.36. The lowest BCUT2D eigenvalue weighted by molar-refractivity contribution is -0.158. The summed E-state index contributed by atoms with van der Waals surface area (Å²) in [6, 6.07) is 38.0. The molecule has 10 heterocycles. The Kier molecular flexibility index (Phi) is 26.1. The van der Waals surface area contributed by atoms with E-state index in [0.29, 0.717) is 70.6 Å². The molecule has 0 bridgehead atoms. The molecule has 13 atom stereocenters. The van der Waals surface area contributed by atoms with Gasteiger partial charge in [-0.2, -0.15) is 9.97 Å². The molecule has 6 saturated carbocycles. The van der Waals surface area contributed by atoms with Gasteiger partial charge >= 0.3 is 0 Å². The van der Waals surface area contributed by atoms with Crippen LogP contribution in [-0.2, 0) is 36.9 Å². The summed E-state index contributed by atoms with van der Waals surface area (Å²) in [5, 5.41) is 90.8. The fourth-order valence-electron chi connectivity index (χ4n) is 16.8. The predicted octanol–water partition coefficient (Wildman–Crippen LogP) is 13.8. The van der Waals surface area contributed by atoms with Gasteiger partial charge in [0.15, 0.2) is 11.5 Å². The molecule has 4 aromatic carbocycles. The van der Waals surface area contributed by atoms with Crippen LogP contribution in [0.15, 0.2) is 158 Å². The summed E-state index contributed by atoms with van der Waals surface area (Å²) in [5.74, 6) is 1.17. The fraction of sp³-hybridized carbons (Fsp3) is 0.409. The number of aryl methyl sites for hydroxylation is 7. The molecule has 14 N–H and O–H groups in total. The molecule has 656 valence electrons. The molecule has 1 aliphatic heterocycles. The summed E-state index contributed by atoms with van der Waals surface area (Å²) in [6.45, 7) is 24.1. The molecule has 1 saturated heterocycles. The van der Waals surface area contributed by atoms with Crippen LogP contribution in [-0.4, -0.2) is 186 Å². The molecule has 13 aromatic rings. The molecule has 29 nitrogen and oxygen atoms in total. The number of aromatic nitrogens is 12. The van der Waals surface area contributed by atoms with Crippen LogP contribution in [0.1, 0.15) is 128 Å². The maximum atomic E-state index is 12.0. The van der Waals surface area contributed by atoms with Crippen molar-refractivity contribution in [3.05, 3.63) is 220 Å². The summed E-state index contributed by atoms with van der Waals surface area (Å²) >= 11 is 4.59. The smallest absolute Gasteiger partial charge is 0.225 e. The first-order valence-corrected chi connectivity index (χ1v) is 46.4. The molecule has 1 unspecified atom stereocenters. The highest BCUT2D eigenvalue weighted by atomic mass is 32.2. The van der Waals surface area contributed by atoms with E-state index in [1.165, 1.54) is 67.9 Å². The van der Waals surface area contributed by atoms with Crippen molar-refractivity contribution in [3.63, 3.8) is 0 Å². The van der Waals surface area contributed by atoms with E-state index < -0.39 is 64.9 Å². The Morgan fingerprint density at radius 1 is 0.452 bits per heavy atom. The van der Waals surface area contributed by atoms with E-state index in [-0.39, 0.29) is 65.8 Å². The number of nitrogens with one attached hydrogen (secondary N) is 5. The number of ether oxygens (including phenoxy) is 2. The minimum Gasteiger partial charge on any atom is -0.396 e. The number of hydrogen-bond donors (Lipinski definition) is 13. The lowest BCUT2D eigenvalue weighted by Gasteiger charge is -2.25. The van der Waals surface area contributed by atoms with Crippen molar-refractivity contribution in [2.24, 2.45) is 23.5 Å². The Labute approximate surface area is 745 Å². The van der Waals surface area contributed by atoms with Crippen molar-refractivity contribution >= 4 is 110 Å². The van der Waals surface area contributed by atoms with Crippen LogP contribution in [0.4, 0.5) is 35.0 Å². The van der Waals surface area contributed by atoms with Crippen molar-refractivity contribution in [2.75, 3.05) is 52.7 Å². The molecule has 7 fully saturated rings. The number of anilines is 5. The summed E-state index contributed by atoms with van der Waals surface area (Å²) in [4.78, 5) is 58.6. The standard InChI is InChI=1S/C30H34N6O3S.C27H30N6O3S.C18H21N5O4S2.C10H13N.C8H7N/c1-16-5-7-19(8-6-16)30(10-11-30)36-28-32-17(2)23(27-34-21-14-31-12-9-22(21)40-27)26(35-28)33-20-13-18(15-37)24-25(20)39-29(3,4)38-24;1-14-3-5-17(6-4-14)27(8-9-27)33-26-29-15(2)21(25-31-19-12-28-10-7-20(19)37-25)24(32-26)30-18-11-16(13-34)22(35)23(18)36;1-8-13(17-22-11-6-19-4-3-12(11)28-17)16(23-18(20-8)29(2)27)21-10-5-9(7-24)14(25)15(10)26;1-8-2-4-9(5-3-8)10(11)6-7-10;1-7-3-5-8(9-2)6-4-7/h5-9,12,14,18,20,24-25,37H,10-11,13,15H2,1-4H3,(H2,32,33,35,36);3-7,10,12,16,18,22-23,34-36H,8-9,11,13H2,1-2H3,(H2,29,30,32,33);3-4,6,9-10,14-15,24-26H,5,7H2,1-2H3,(H,20,21,23);2-5H,6-7,11H2,1H3;3-6H,1H3/t18-,20-,24-,25+;16-,18-,22-,23+;9-,10-,14-,15+,29?;;/m111../s1. The van der Waals surface area contributed by atoms with E-state index in [9.17, 15) is 40.0 Å². The number of rotatable bonds is 20. The first-order chi connectivity index (χ1) is 60.5. The first kappa shape index (κ1) is 88.9. The van der Waals surface area contributed by atoms with Crippen LogP contribution in [0.2, 0.25) is 0 Å². The topological polar surface area (TPSA) is 422 Å². The molecule has 126 heavy (non-hydrogen) atoms. The average Bonchev–Trinajstić information content (AvgIpc) is 1.60. The van der Waals surface area contributed by atoms with Gasteiger partial charge in [-0.3, -0.25) is 19.2 Å². The van der Waals surface area contributed by atoms with E-state index in [1.54, 1.807) is 55.4 Å². The van der Waals surface area contributed by atoms with Crippen molar-refractivity contribution in [1.82, 2.24) is 59.8 Å². The van der Waals surface area contributed by atoms with Gasteiger partial charge in [-0.25, -0.2) is 39.7 Å².